The first kappa shape index (κ1) is 17.5. The molecular formula is C19H18N2O5. The number of rotatable bonds is 5. The van der Waals surface area contributed by atoms with Crippen LogP contribution < -0.4 is 10.2 Å². The molecule has 7 nitrogen and oxygen atoms in total. The van der Waals surface area contributed by atoms with Crippen molar-refractivity contribution in [3.63, 3.8) is 0 Å². The zero-order chi connectivity index (χ0) is 18.7. The number of nitrogens with one attached hydrogen (secondary N) is 1. The second kappa shape index (κ2) is 7.26. The van der Waals surface area contributed by atoms with Crippen molar-refractivity contribution in [3.8, 4) is 5.75 Å². The van der Waals surface area contributed by atoms with E-state index < -0.39 is 12.0 Å². The minimum atomic E-state index is -0.690. The number of aromatic hydroxyl groups is 1. The van der Waals surface area contributed by atoms with Gasteiger partial charge in [0, 0.05) is 5.69 Å². The zero-order valence-electron chi connectivity index (χ0n) is 14.1. The lowest BCUT2D eigenvalue weighted by Crippen LogP contribution is -2.34. The number of phenolic OH excluding ortho intramolecular Hbond substituents is 1. The molecule has 2 aromatic rings. The van der Waals surface area contributed by atoms with E-state index in [4.69, 9.17) is 4.74 Å². The van der Waals surface area contributed by atoms with E-state index >= 15 is 0 Å². The third-order valence-corrected chi connectivity index (χ3v) is 3.99. The van der Waals surface area contributed by atoms with Crippen molar-refractivity contribution >= 4 is 29.2 Å². The molecule has 0 radical (unpaired) electrons. The number of carbonyl (C=O) groups excluding carboxylic acids is 3. The van der Waals surface area contributed by atoms with Crippen molar-refractivity contribution in [2.24, 2.45) is 0 Å². The van der Waals surface area contributed by atoms with Crippen molar-refractivity contribution in [1.82, 2.24) is 0 Å². The number of nitrogens with zero attached hydrogens (tertiary/aromatic N) is 1. The van der Waals surface area contributed by atoms with E-state index in [0.29, 0.717) is 23.5 Å². The Balaban J connectivity index is 1.71. The van der Waals surface area contributed by atoms with Gasteiger partial charge in [0.2, 0.25) is 5.91 Å². The lowest BCUT2D eigenvalue weighted by Gasteiger charge is -2.16. The Bertz CT molecular complexity index is 830. The largest absolute Gasteiger partial charge is 0.508 e. The summed E-state index contributed by atoms with van der Waals surface area (Å²) in [5.41, 5.74) is 1.45. The first-order chi connectivity index (χ1) is 12.5. The Hall–Kier alpha value is -3.35. The summed E-state index contributed by atoms with van der Waals surface area (Å²) in [7, 11) is 0. The molecule has 7 heteroatoms. The minimum absolute atomic E-state index is 0.0271. The minimum Gasteiger partial charge on any atom is -0.508 e. The van der Waals surface area contributed by atoms with Crippen LogP contribution in [0.5, 0.6) is 5.75 Å². The van der Waals surface area contributed by atoms with Gasteiger partial charge in [-0.3, -0.25) is 9.59 Å². The number of amides is 2. The molecule has 3 rings (SSSR count). The topological polar surface area (TPSA) is 95.9 Å². The zero-order valence-corrected chi connectivity index (χ0v) is 14.1. The average Bonchev–Trinajstić information content (AvgIpc) is 2.90. The summed E-state index contributed by atoms with van der Waals surface area (Å²) in [5.74, 6) is -1.04. The van der Waals surface area contributed by atoms with Crippen LogP contribution in [0.1, 0.15) is 23.7 Å². The predicted octanol–water partition coefficient (Wildman–Crippen LogP) is 2.31. The lowest BCUT2D eigenvalue weighted by molar-refractivity contribution is -0.121. The number of benzene rings is 2. The second-order valence-corrected chi connectivity index (χ2v) is 5.78. The molecule has 0 saturated carbocycles. The van der Waals surface area contributed by atoms with Crippen molar-refractivity contribution in [1.29, 1.82) is 0 Å². The molecule has 1 unspecified atom stereocenters. The first-order valence-electron chi connectivity index (χ1n) is 8.19. The van der Waals surface area contributed by atoms with E-state index in [1.54, 1.807) is 31.2 Å². The maximum atomic E-state index is 12.6. The molecule has 2 amide bonds. The Labute approximate surface area is 150 Å². The highest BCUT2D eigenvalue weighted by molar-refractivity contribution is 6.23. The van der Waals surface area contributed by atoms with Crippen LogP contribution in [0.2, 0.25) is 0 Å². The fraction of sp³-hybridized carbons (Fsp3) is 0.211. The number of imide groups is 1. The predicted molar refractivity (Wildman–Crippen MR) is 95.0 cm³/mol. The summed E-state index contributed by atoms with van der Waals surface area (Å²) in [6.07, 6.45) is 0.0271. The number of hydrogen-bond donors (Lipinski definition) is 2. The van der Waals surface area contributed by atoms with Crippen LogP contribution in [0, 0.1) is 0 Å². The molecule has 1 fully saturated rings. The molecule has 0 spiro atoms. The van der Waals surface area contributed by atoms with Gasteiger partial charge in [-0.15, -0.1) is 0 Å². The van der Waals surface area contributed by atoms with Gasteiger partial charge in [0.05, 0.1) is 24.3 Å². The van der Waals surface area contributed by atoms with Crippen LogP contribution in [-0.2, 0) is 14.3 Å². The molecule has 1 aliphatic rings. The first-order valence-corrected chi connectivity index (χ1v) is 8.19. The Kier molecular flexibility index (Phi) is 4.88. The van der Waals surface area contributed by atoms with Crippen LogP contribution >= 0.6 is 0 Å². The van der Waals surface area contributed by atoms with E-state index in [0.717, 1.165) is 4.90 Å². The van der Waals surface area contributed by atoms with Crippen molar-refractivity contribution < 1.29 is 24.2 Å². The standard InChI is InChI=1S/C19H18N2O5/c1-2-26-19(25)12-3-5-13(6-4-12)20-16-11-17(23)21(18(16)24)14-7-9-15(22)10-8-14/h3-10,16,20,22H,2,11H2,1H3. The number of phenols is 1. The molecule has 1 heterocycles. The van der Waals surface area contributed by atoms with Gasteiger partial charge in [0.1, 0.15) is 11.8 Å². The molecule has 2 aromatic carbocycles. The van der Waals surface area contributed by atoms with Gasteiger partial charge < -0.3 is 15.2 Å². The summed E-state index contributed by atoms with van der Waals surface area (Å²) in [6.45, 7) is 2.03. The molecule has 26 heavy (non-hydrogen) atoms. The highest BCUT2D eigenvalue weighted by Crippen LogP contribution is 2.26. The average molecular weight is 354 g/mol. The molecule has 1 aliphatic heterocycles. The summed E-state index contributed by atoms with van der Waals surface area (Å²) in [6, 6.07) is 11.7. The number of anilines is 2. The van der Waals surface area contributed by atoms with E-state index in [-0.39, 0.29) is 24.0 Å². The number of hydrogen-bond acceptors (Lipinski definition) is 6. The Morgan fingerprint density at radius 1 is 1.15 bits per heavy atom. The second-order valence-electron chi connectivity index (χ2n) is 5.78. The molecular weight excluding hydrogens is 336 g/mol. The molecule has 134 valence electrons. The van der Waals surface area contributed by atoms with Crippen LogP contribution in [-0.4, -0.2) is 35.5 Å². The molecule has 1 atom stereocenters. The van der Waals surface area contributed by atoms with E-state index in [1.807, 2.05) is 0 Å². The Morgan fingerprint density at radius 3 is 2.42 bits per heavy atom. The van der Waals surface area contributed by atoms with Gasteiger partial charge in [-0.25, -0.2) is 9.69 Å². The lowest BCUT2D eigenvalue weighted by atomic mass is 10.2. The molecule has 0 bridgehead atoms. The highest BCUT2D eigenvalue weighted by Gasteiger charge is 2.39. The summed E-state index contributed by atoms with van der Waals surface area (Å²) >= 11 is 0. The van der Waals surface area contributed by atoms with Gasteiger partial charge >= 0.3 is 5.97 Å². The van der Waals surface area contributed by atoms with Gasteiger partial charge in [-0.05, 0) is 55.5 Å². The van der Waals surface area contributed by atoms with Crippen LogP contribution in [0.3, 0.4) is 0 Å². The molecule has 2 N–H and O–H groups in total. The summed E-state index contributed by atoms with van der Waals surface area (Å²) in [5, 5.41) is 12.4. The molecule has 0 aliphatic carbocycles. The molecule has 1 saturated heterocycles. The number of ether oxygens (including phenoxy) is 1. The third-order valence-electron chi connectivity index (χ3n) is 3.99. The number of esters is 1. The van der Waals surface area contributed by atoms with Crippen molar-refractivity contribution in [3.05, 3.63) is 54.1 Å². The van der Waals surface area contributed by atoms with Crippen LogP contribution in [0.25, 0.3) is 0 Å². The summed E-state index contributed by atoms with van der Waals surface area (Å²) < 4.78 is 4.92. The van der Waals surface area contributed by atoms with Gasteiger partial charge in [-0.2, -0.15) is 0 Å². The fourth-order valence-corrected chi connectivity index (χ4v) is 2.74. The van der Waals surface area contributed by atoms with Crippen LogP contribution in [0.4, 0.5) is 11.4 Å². The normalized spacial score (nSPS) is 16.7. The quantitative estimate of drug-likeness (QED) is 0.632. The van der Waals surface area contributed by atoms with E-state index in [9.17, 15) is 19.5 Å². The summed E-state index contributed by atoms with van der Waals surface area (Å²) in [4.78, 5) is 37.6. The van der Waals surface area contributed by atoms with E-state index in [2.05, 4.69) is 5.32 Å². The van der Waals surface area contributed by atoms with Gasteiger partial charge in [-0.1, -0.05) is 0 Å². The molecule has 0 aromatic heterocycles. The smallest absolute Gasteiger partial charge is 0.338 e. The maximum absolute atomic E-state index is 12.6. The highest BCUT2D eigenvalue weighted by atomic mass is 16.5. The SMILES string of the molecule is CCOC(=O)c1ccc(NC2CC(=O)N(c3ccc(O)cc3)C2=O)cc1. The number of carbonyl (C=O) groups is 3. The monoisotopic (exact) mass is 354 g/mol. The van der Waals surface area contributed by atoms with Crippen molar-refractivity contribution in [2.45, 2.75) is 19.4 Å². The maximum Gasteiger partial charge on any atom is 0.338 e. The third kappa shape index (κ3) is 3.51. The Morgan fingerprint density at radius 2 is 1.81 bits per heavy atom. The van der Waals surface area contributed by atoms with Crippen molar-refractivity contribution in [2.75, 3.05) is 16.8 Å². The van der Waals surface area contributed by atoms with Gasteiger partial charge in [0.15, 0.2) is 0 Å². The van der Waals surface area contributed by atoms with E-state index in [1.165, 1.54) is 24.3 Å². The van der Waals surface area contributed by atoms with Gasteiger partial charge in [0.25, 0.3) is 5.91 Å². The van der Waals surface area contributed by atoms with Crippen LogP contribution in [0.15, 0.2) is 48.5 Å². The fourth-order valence-electron chi connectivity index (χ4n) is 2.74.